The van der Waals surface area contributed by atoms with Crippen LogP contribution in [-0.2, 0) is 24.6 Å². The number of ether oxygens (including phenoxy) is 1. The molecule has 1 fully saturated rings. The van der Waals surface area contributed by atoms with Gasteiger partial charge >= 0.3 is 0 Å². The third kappa shape index (κ3) is 2.69. The van der Waals surface area contributed by atoms with Gasteiger partial charge < -0.3 is 10.5 Å². The average Bonchev–Trinajstić information content (AvgIpc) is 2.86. The molecule has 3 unspecified atom stereocenters. The van der Waals surface area contributed by atoms with E-state index in [0.717, 1.165) is 31.6 Å². The molecule has 4 heteroatoms. The van der Waals surface area contributed by atoms with Crippen LogP contribution in [0.5, 0.6) is 0 Å². The predicted molar refractivity (Wildman–Crippen MR) is 67.8 cm³/mol. The molecule has 2 rings (SSSR count). The second-order valence-electron chi connectivity index (χ2n) is 5.00. The Morgan fingerprint density at radius 1 is 1.65 bits per heavy atom. The zero-order valence-electron chi connectivity index (χ0n) is 11.0. The maximum absolute atomic E-state index is 6.30. The van der Waals surface area contributed by atoms with Gasteiger partial charge in [-0.1, -0.05) is 6.92 Å². The average molecular weight is 237 g/mol. The second-order valence-corrected chi connectivity index (χ2v) is 5.00. The van der Waals surface area contributed by atoms with Crippen molar-refractivity contribution in [2.45, 2.75) is 45.3 Å². The van der Waals surface area contributed by atoms with Gasteiger partial charge in [0, 0.05) is 37.7 Å². The number of hydrogen-bond donors (Lipinski definition) is 1. The van der Waals surface area contributed by atoms with Crippen LogP contribution in [0.25, 0.3) is 0 Å². The van der Waals surface area contributed by atoms with Gasteiger partial charge in [0.15, 0.2) is 0 Å². The van der Waals surface area contributed by atoms with E-state index in [-0.39, 0.29) is 6.04 Å². The molecule has 0 spiro atoms. The molecule has 1 aromatic rings. The minimum absolute atomic E-state index is 0.174. The first kappa shape index (κ1) is 12.6. The number of aromatic nitrogens is 2. The fourth-order valence-electron chi connectivity index (χ4n) is 2.64. The van der Waals surface area contributed by atoms with E-state index in [9.17, 15) is 0 Å². The predicted octanol–water partition coefficient (Wildman–Crippen LogP) is 1.28. The van der Waals surface area contributed by atoms with Crippen molar-refractivity contribution in [2.24, 2.45) is 18.7 Å². The minimum Gasteiger partial charge on any atom is -0.378 e. The van der Waals surface area contributed by atoms with Crippen LogP contribution in [-0.4, -0.2) is 28.5 Å². The lowest BCUT2D eigenvalue weighted by atomic mass is 9.91. The van der Waals surface area contributed by atoms with Gasteiger partial charge in [0.05, 0.1) is 11.8 Å². The highest BCUT2D eigenvalue weighted by Crippen LogP contribution is 2.24. The van der Waals surface area contributed by atoms with Gasteiger partial charge in [0.1, 0.15) is 0 Å². The Kier molecular flexibility index (Phi) is 3.84. The van der Waals surface area contributed by atoms with Gasteiger partial charge in [-0.25, -0.2) is 0 Å². The fraction of sp³-hybridized carbons (Fsp3) is 0.769. The van der Waals surface area contributed by atoms with Crippen molar-refractivity contribution in [1.29, 1.82) is 0 Å². The first-order valence-corrected chi connectivity index (χ1v) is 6.50. The van der Waals surface area contributed by atoms with Crippen LogP contribution >= 0.6 is 0 Å². The van der Waals surface area contributed by atoms with Gasteiger partial charge in [-0.2, -0.15) is 5.10 Å². The lowest BCUT2D eigenvalue weighted by Crippen LogP contribution is -2.36. The van der Waals surface area contributed by atoms with Crippen molar-refractivity contribution in [3.05, 3.63) is 17.5 Å². The topological polar surface area (TPSA) is 53.1 Å². The smallest absolute Gasteiger partial charge is 0.0624 e. The Morgan fingerprint density at radius 3 is 2.94 bits per heavy atom. The third-order valence-electron chi connectivity index (χ3n) is 3.82. The molecular formula is C13H23N3O. The van der Waals surface area contributed by atoms with Crippen molar-refractivity contribution in [3.63, 3.8) is 0 Å². The van der Waals surface area contributed by atoms with Gasteiger partial charge in [-0.3, -0.25) is 4.68 Å². The van der Waals surface area contributed by atoms with Crippen molar-refractivity contribution < 1.29 is 4.74 Å². The Morgan fingerprint density at radius 2 is 2.41 bits per heavy atom. The van der Waals surface area contributed by atoms with E-state index >= 15 is 0 Å². The number of nitrogens with two attached hydrogens (primary N) is 1. The molecule has 0 amide bonds. The summed E-state index contributed by atoms with van der Waals surface area (Å²) in [7, 11) is 2.00. The number of aryl methyl sites for hydroxylation is 2. The molecule has 1 saturated heterocycles. The van der Waals surface area contributed by atoms with Crippen LogP contribution in [0, 0.1) is 5.92 Å². The van der Waals surface area contributed by atoms with E-state index in [1.54, 1.807) is 0 Å². The number of nitrogens with zero attached hydrogens (tertiary/aromatic N) is 2. The van der Waals surface area contributed by atoms with E-state index in [0.29, 0.717) is 12.0 Å². The summed E-state index contributed by atoms with van der Waals surface area (Å²) in [4.78, 5) is 0. The second kappa shape index (κ2) is 5.19. The first-order valence-electron chi connectivity index (χ1n) is 6.50. The Balaban J connectivity index is 2.01. The van der Waals surface area contributed by atoms with E-state index in [1.807, 2.05) is 11.7 Å². The monoisotopic (exact) mass is 237 g/mol. The maximum Gasteiger partial charge on any atom is 0.0624 e. The van der Waals surface area contributed by atoms with Crippen molar-refractivity contribution in [1.82, 2.24) is 9.78 Å². The highest BCUT2D eigenvalue weighted by molar-refractivity contribution is 5.12. The summed E-state index contributed by atoms with van der Waals surface area (Å²) >= 11 is 0. The zero-order valence-corrected chi connectivity index (χ0v) is 11.0. The zero-order chi connectivity index (χ0) is 12.4. The normalized spacial score (nSPS) is 26.4. The van der Waals surface area contributed by atoms with E-state index in [1.165, 1.54) is 5.69 Å². The van der Waals surface area contributed by atoms with E-state index in [4.69, 9.17) is 10.5 Å². The summed E-state index contributed by atoms with van der Waals surface area (Å²) in [5.74, 6) is 0.481. The summed E-state index contributed by atoms with van der Waals surface area (Å²) in [6.07, 6.45) is 3.25. The molecule has 1 aromatic heterocycles. The fourth-order valence-corrected chi connectivity index (χ4v) is 2.64. The summed E-state index contributed by atoms with van der Waals surface area (Å²) in [6, 6.07) is 2.34. The van der Waals surface area contributed by atoms with Crippen LogP contribution in [0.1, 0.15) is 31.7 Å². The molecule has 0 aromatic carbocycles. The summed E-state index contributed by atoms with van der Waals surface area (Å²) in [5.41, 5.74) is 8.67. The highest BCUT2D eigenvalue weighted by Gasteiger charge is 2.30. The Labute approximate surface area is 103 Å². The molecule has 0 aliphatic carbocycles. The molecule has 0 bridgehead atoms. The lowest BCUT2D eigenvalue weighted by molar-refractivity contribution is 0.0993. The van der Waals surface area contributed by atoms with Gasteiger partial charge in [0.2, 0.25) is 0 Å². The standard InChI is InChI=1S/C13H23N3O/c1-4-10-7-11(16(3)15-10)8-13(14)12-5-6-17-9(12)2/h7,9,12-13H,4-6,8,14H2,1-3H3. The molecule has 2 N–H and O–H groups in total. The van der Waals surface area contributed by atoms with Crippen LogP contribution in [0.2, 0.25) is 0 Å². The van der Waals surface area contributed by atoms with Crippen LogP contribution in [0.15, 0.2) is 6.07 Å². The molecule has 4 nitrogen and oxygen atoms in total. The summed E-state index contributed by atoms with van der Waals surface area (Å²) in [6.45, 7) is 5.10. The summed E-state index contributed by atoms with van der Waals surface area (Å²) < 4.78 is 7.54. The van der Waals surface area contributed by atoms with Crippen LogP contribution in [0.3, 0.4) is 0 Å². The largest absolute Gasteiger partial charge is 0.378 e. The molecule has 2 heterocycles. The van der Waals surface area contributed by atoms with Gasteiger partial charge in [0.25, 0.3) is 0 Å². The third-order valence-corrected chi connectivity index (χ3v) is 3.82. The molecule has 96 valence electrons. The van der Waals surface area contributed by atoms with Crippen LogP contribution in [0.4, 0.5) is 0 Å². The van der Waals surface area contributed by atoms with E-state index in [2.05, 4.69) is 25.0 Å². The van der Waals surface area contributed by atoms with Crippen molar-refractivity contribution in [3.8, 4) is 0 Å². The molecule has 17 heavy (non-hydrogen) atoms. The van der Waals surface area contributed by atoms with Gasteiger partial charge in [-0.15, -0.1) is 0 Å². The maximum atomic E-state index is 6.30. The SMILES string of the molecule is CCc1cc(CC(N)C2CCOC2C)n(C)n1. The lowest BCUT2D eigenvalue weighted by Gasteiger charge is -2.21. The van der Waals surface area contributed by atoms with Gasteiger partial charge in [-0.05, 0) is 25.8 Å². The van der Waals surface area contributed by atoms with E-state index < -0.39 is 0 Å². The molecule has 0 radical (unpaired) electrons. The van der Waals surface area contributed by atoms with Crippen LogP contribution < -0.4 is 5.73 Å². The van der Waals surface area contributed by atoms with Crippen molar-refractivity contribution >= 4 is 0 Å². The minimum atomic E-state index is 0.174. The number of rotatable bonds is 4. The highest BCUT2D eigenvalue weighted by atomic mass is 16.5. The number of hydrogen-bond acceptors (Lipinski definition) is 3. The molecule has 1 aliphatic rings. The quantitative estimate of drug-likeness (QED) is 0.858. The molecule has 1 aliphatic heterocycles. The Bertz CT molecular complexity index is 375. The summed E-state index contributed by atoms with van der Waals surface area (Å²) in [5, 5.41) is 4.46. The molecule has 0 saturated carbocycles. The molecule has 3 atom stereocenters. The Hall–Kier alpha value is -0.870. The molecular weight excluding hydrogens is 214 g/mol. The van der Waals surface area contributed by atoms with Crippen molar-refractivity contribution in [2.75, 3.05) is 6.61 Å². The first-order chi connectivity index (χ1) is 8.11.